The lowest BCUT2D eigenvalue weighted by Crippen LogP contribution is -2.59. The second-order valence-corrected chi connectivity index (χ2v) is 12.1. The van der Waals surface area contributed by atoms with Crippen molar-refractivity contribution >= 4 is 20.0 Å². The van der Waals surface area contributed by atoms with Crippen LogP contribution >= 0.6 is 0 Å². The smallest absolute Gasteiger partial charge is 0.207 e. The Morgan fingerprint density at radius 3 is 1.30 bits per heavy atom. The summed E-state index contributed by atoms with van der Waals surface area (Å²) in [5, 5.41) is 0. The average molecular weight is 451 g/mol. The molecular formula is C22H30N2O4S2. The molecule has 0 amide bonds. The van der Waals surface area contributed by atoms with Gasteiger partial charge in [-0.3, -0.25) is 0 Å². The first-order valence-electron chi connectivity index (χ1n) is 10.0. The zero-order valence-corrected chi connectivity index (χ0v) is 20.0. The monoisotopic (exact) mass is 450 g/mol. The van der Waals surface area contributed by atoms with E-state index in [0.717, 1.165) is 11.1 Å². The first-order valence-corrected chi connectivity index (χ1v) is 12.9. The molecule has 164 valence electrons. The summed E-state index contributed by atoms with van der Waals surface area (Å²) in [6.07, 6.45) is 0. The molecule has 0 aliphatic carbocycles. The van der Waals surface area contributed by atoms with Crippen LogP contribution in [0.5, 0.6) is 0 Å². The van der Waals surface area contributed by atoms with Crippen LogP contribution in [0, 0.1) is 27.7 Å². The molecular weight excluding hydrogens is 420 g/mol. The molecule has 3 rings (SSSR count). The standard InChI is InChI=1S/C22H30N2O4S2/c1-15-7-9-21(17(3)11-15)29(25,26)23-13-20(6)24(14-19(23)5)30(27,28)22-10-8-16(2)12-18(22)4/h7-12,19-20H,13-14H2,1-6H3/t19-,20+. The SMILES string of the molecule is Cc1ccc(S(=O)(=O)N2C[C@H](C)N(S(=O)(=O)c3ccc(C)cc3C)C[C@H]2C)c(C)c1. The number of piperazine rings is 1. The summed E-state index contributed by atoms with van der Waals surface area (Å²) in [6.45, 7) is 11.2. The largest absolute Gasteiger partial charge is 0.243 e. The fraction of sp³-hybridized carbons (Fsp3) is 0.455. The Morgan fingerprint density at radius 2 is 1.00 bits per heavy atom. The van der Waals surface area contributed by atoms with Gasteiger partial charge in [-0.25, -0.2) is 16.8 Å². The van der Waals surface area contributed by atoms with Crippen molar-refractivity contribution in [3.8, 4) is 0 Å². The van der Waals surface area contributed by atoms with Gasteiger partial charge >= 0.3 is 0 Å². The maximum atomic E-state index is 13.4. The number of nitrogens with zero attached hydrogens (tertiary/aromatic N) is 2. The maximum Gasteiger partial charge on any atom is 0.243 e. The molecule has 2 aromatic carbocycles. The van der Waals surface area contributed by atoms with E-state index in [1.165, 1.54) is 8.61 Å². The van der Waals surface area contributed by atoms with Crippen molar-refractivity contribution in [2.24, 2.45) is 0 Å². The zero-order chi connectivity index (χ0) is 22.4. The van der Waals surface area contributed by atoms with Gasteiger partial charge in [-0.1, -0.05) is 35.4 Å². The van der Waals surface area contributed by atoms with Gasteiger partial charge in [0.25, 0.3) is 0 Å². The normalized spacial score (nSPS) is 21.7. The highest BCUT2D eigenvalue weighted by atomic mass is 32.2. The van der Waals surface area contributed by atoms with Crippen molar-refractivity contribution in [3.05, 3.63) is 58.7 Å². The summed E-state index contributed by atoms with van der Waals surface area (Å²) in [7, 11) is -7.45. The molecule has 1 aliphatic heterocycles. The van der Waals surface area contributed by atoms with E-state index in [4.69, 9.17) is 0 Å². The summed E-state index contributed by atoms with van der Waals surface area (Å²) in [5.74, 6) is 0. The quantitative estimate of drug-likeness (QED) is 0.716. The van der Waals surface area contributed by atoms with Crippen molar-refractivity contribution < 1.29 is 16.8 Å². The molecule has 0 spiro atoms. The van der Waals surface area contributed by atoms with E-state index < -0.39 is 32.1 Å². The number of rotatable bonds is 4. The van der Waals surface area contributed by atoms with Crippen LogP contribution < -0.4 is 0 Å². The molecule has 0 aromatic heterocycles. The summed E-state index contributed by atoms with van der Waals surface area (Å²) >= 11 is 0. The number of hydrogen-bond acceptors (Lipinski definition) is 4. The van der Waals surface area contributed by atoms with Gasteiger partial charge in [-0.15, -0.1) is 0 Å². The van der Waals surface area contributed by atoms with E-state index in [-0.39, 0.29) is 22.9 Å². The molecule has 30 heavy (non-hydrogen) atoms. The minimum atomic E-state index is -3.73. The van der Waals surface area contributed by atoms with Crippen LogP contribution in [0.2, 0.25) is 0 Å². The first-order chi connectivity index (χ1) is 13.9. The van der Waals surface area contributed by atoms with E-state index >= 15 is 0 Å². The molecule has 1 heterocycles. The molecule has 0 unspecified atom stereocenters. The number of sulfonamides is 2. The van der Waals surface area contributed by atoms with Gasteiger partial charge in [0.05, 0.1) is 9.79 Å². The third-order valence-electron chi connectivity index (χ3n) is 5.71. The Bertz CT molecular complexity index is 1080. The van der Waals surface area contributed by atoms with E-state index in [1.807, 2.05) is 26.0 Å². The van der Waals surface area contributed by atoms with E-state index in [0.29, 0.717) is 11.1 Å². The van der Waals surface area contributed by atoms with Gasteiger partial charge in [0.15, 0.2) is 0 Å². The highest BCUT2D eigenvalue weighted by molar-refractivity contribution is 7.89. The van der Waals surface area contributed by atoms with Crippen molar-refractivity contribution in [2.75, 3.05) is 13.1 Å². The Balaban J connectivity index is 1.93. The average Bonchev–Trinajstić information content (AvgIpc) is 2.62. The van der Waals surface area contributed by atoms with Crippen LogP contribution in [0.25, 0.3) is 0 Å². The number of aryl methyl sites for hydroxylation is 4. The van der Waals surface area contributed by atoms with Gasteiger partial charge < -0.3 is 0 Å². The van der Waals surface area contributed by atoms with Crippen LogP contribution in [-0.4, -0.2) is 50.6 Å². The van der Waals surface area contributed by atoms with Crippen LogP contribution in [-0.2, 0) is 20.0 Å². The van der Waals surface area contributed by atoms with Crippen molar-refractivity contribution in [2.45, 2.75) is 63.4 Å². The van der Waals surface area contributed by atoms with E-state index in [9.17, 15) is 16.8 Å². The molecule has 6 nitrogen and oxygen atoms in total. The summed E-state index contributed by atoms with van der Waals surface area (Å²) in [6, 6.07) is 9.58. The predicted molar refractivity (Wildman–Crippen MR) is 119 cm³/mol. The molecule has 1 saturated heterocycles. The Labute approximate surface area is 180 Å². The molecule has 8 heteroatoms. The summed E-state index contributed by atoms with van der Waals surface area (Å²) in [5.41, 5.74) is 3.38. The highest BCUT2D eigenvalue weighted by Crippen LogP contribution is 2.30. The van der Waals surface area contributed by atoms with E-state index in [2.05, 4.69) is 0 Å². The highest BCUT2D eigenvalue weighted by Gasteiger charge is 2.42. The number of hydrogen-bond donors (Lipinski definition) is 0. The fourth-order valence-corrected chi connectivity index (χ4v) is 7.98. The Hall–Kier alpha value is -1.74. The van der Waals surface area contributed by atoms with Crippen molar-refractivity contribution in [1.29, 1.82) is 0 Å². The zero-order valence-electron chi connectivity index (χ0n) is 18.4. The summed E-state index contributed by atoms with van der Waals surface area (Å²) < 4.78 is 56.3. The topological polar surface area (TPSA) is 74.8 Å². The van der Waals surface area contributed by atoms with Crippen molar-refractivity contribution in [1.82, 2.24) is 8.61 Å². The predicted octanol–water partition coefficient (Wildman–Crippen LogP) is 3.39. The number of benzene rings is 2. The molecule has 1 fully saturated rings. The van der Waals surface area contributed by atoms with Gasteiger partial charge in [-0.2, -0.15) is 8.61 Å². The molecule has 0 saturated carbocycles. The maximum absolute atomic E-state index is 13.4. The van der Waals surface area contributed by atoms with Gasteiger partial charge in [0, 0.05) is 25.2 Å². The first kappa shape index (κ1) is 22.9. The second kappa shape index (κ2) is 8.07. The third kappa shape index (κ3) is 4.06. The van der Waals surface area contributed by atoms with E-state index in [1.54, 1.807) is 52.0 Å². The molecule has 0 bridgehead atoms. The Kier molecular flexibility index (Phi) is 6.17. The van der Waals surface area contributed by atoms with Gasteiger partial charge in [0.1, 0.15) is 0 Å². The third-order valence-corrected chi connectivity index (χ3v) is 9.99. The molecule has 1 aliphatic rings. The minimum absolute atomic E-state index is 0.112. The van der Waals surface area contributed by atoms with Crippen LogP contribution in [0.3, 0.4) is 0 Å². The minimum Gasteiger partial charge on any atom is -0.207 e. The Morgan fingerprint density at radius 1 is 0.667 bits per heavy atom. The molecule has 0 N–H and O–H groups in total. The summed E-state index contributed by atoms with van der Waals surface area (Å²) in [4.78, 5) is 0.552. The van der Waals surface area contributed by atoms with Gasteiger partial charge in [0.2, 0.25) is 20.0 Å². The molecule has 0 radical (unpaired) electrons. The van der Waals surface area contributed by atoms with Gasteiger partial charge in [-0.05, 0) is 64.8 Å². The van der Waals surface area contributed by atoms with Crippen LogP contribution in [0.1, 0.15) is 36.1 Å². The lowest BCUT2D eigenvalue weighted by Gasteiger charge is -2.42. The molecule has 2 atom stereocenters. The second-order valence-electron chi connectivity index (χ2n) is 8.39. The lowest BCUT2D eigenvalue weighted by molar-refractivity contribution is 0.163. The lowest BCUT2D eigenvalue weighted by atomic mass is 10.2. The fourth-order valence-electron chi connectivity index (χ4n) is 4.16. The van der Waals surface area contributed by atoms with Crippen LogP contribution in [0.4, 0.5) is 0 Å². The van der Waals surface area contributed by atoms with Crippen LogP contribution in [0.15, 0.2) is 46.2 Å². The van der Waals surface area contributed by atoms with Crippen molar-refractivity contribution in [3.63, 3.8) is 0 Å². The molecule has 2 aromatic rings.